The predicted octanol–water partition coefficient (Wildman–Crippen LogP) is 3.07. The number of rotatable bonds is 7. The zero-order valence-corrected chi connectivity index (χ0v) is 14.8. The van der Waals surface area contributed by atoms with Crippen molar-refractivity contribution in [1.29, 1.82) is 0 Å². The van der Waals surface area contributed by atoms with Crippen LogP contribution in [-0.2, 0) is 10.0 Å². The molecule has 6 heteroatoms. The lowest BCUT2D eigenvalue weighted by Gasteiger charge is -2.35. The summed E-state index contributed by atoms with van der Waals surface area (Å²) in [5, 5.41) is 0. The van der Waals surface area contributed by atoms with E-state index < -0.39 is 10.0 Å². The summed E-state index contributed by atoms with van der Waals surface area (Å²) in [6.45, 7) is 6.22. The standard InChI is InChI=1S/C17H27FN2O2S/c1-3-15-7-4-5-11-20(15)12-6-10-19-23(21,22)16-8-9-17(18)14(2)13-16/h8-9,13,15,19H,3-7,10-12H2,1-2H3/t15-/m0/s1. The average Bonchev–Trinajstić information content (AvgIpc) is 2.54. The highest BCUT2D eigenvalue weighted by molar-refractivity contribution is 7.89. The first-order chi connectivity index (χ1) is 10.9. The van der Waals surface area contributed by atoms with Crippen molar-refractivity contribution in [3.8, 4) is 0 Å². The van der Waals surface area contributed by atoms with Gasteiger partial charge in [-0.05, 0) is 69.5 Å². The van der Waals surface area contributed by atoms with Crippen LogP contribution in [0.15, 0.2) is 23.1 Å². The van der Waals surface area contributed by atoms with Gasteiger partial charge in [0.1, 0.15) is 5.82 Å². The Bertz CT molecular complexity index is 619. The van der Waals surface area contributed by atoms with Crippen LogP contribution < -0.4 is 4.72 Å². The van der Waals surface area contributed by atoms with Gasteiger partial charge in [-0.1, -0.05) is 13.3 Å². The highest BCUT2D eigenvalue weighted by Gasteiger charge is 2.20. The molecule has 0 radical (unpaired) electrons. The summed E-state index contributed by atoms with van der Waals surface area (Å²) in [6, 6.07) is 4.52. The molecule has 1 saturated heterocycles. The number of sulfonamides is 1. The van der Waals surface area contributed by atoms with Crippen molar-refractivity contribution in [2.75, 3.05) is 19.6 Å². The Morgan fingerprint density at radius 2 is 2.13 bits per heavy atom. The molecule has 1 aromatic rings. The second kappa shape index (κ2) is 8.22. The molecule has 1 heterocycles. The fourth-order valence-corrected chi connectivity index (χ4v) is 4.33. The number of benzene rings is 1. The van der Waals surface area contributed by atoms with Gasteiger partial charge in [0.05, 0.1) is 4.90 Å². The highest BCUT2D eigenvalue weighted by atomic mass is 32.2. The fourth-order valence-electron chi connectivity index (χ4n) is 3.17. The van der Waals surface area contributed by atoms with Crippen LogP contribution >= 0.6 is 0 Å². The monoisotopic (exact) mass is 342 g/mol. The summed E-state index contributed by atoms with van der Waals surface area (Å²) in [7, 11) is -3.56. The molecule has 1 aromatic carbocycles. The molecule has 0 saturated carbocycles. The van der Waals surface area contributed by atoms with Gasteiger partial charge in [-0.25, -0.2) is 17.5 Å². The number of likely N-dealkylation sites (tertiary alicyclic amines) is 1. The molecule has 4 nitrogen and oxygen atoms in total. The molecule has 0 spiro atoms. The SMILES string of the molecule is CC[C@H]1CCCCN1CCCNS(=O)(=O)c1ccc(F)c(C)c1. The van der Waals surface area contributed by atoms with E-state index in [1.165, 1.54) is 37.5 Å². The molecule has 1 aliphatic rings. The van der Waals surface area contributed by atoms with Crippen LogP contribution in [0.5, 0.6) is 0 Å². The van der Waals surface area contributed by atoms with Crippen LogP contribution in [0.4, 0.5) is 4.39 Å². The summed E-state index contributed by atoms with van der Waals surface area (Å²) in [6.07, 6.45) is 5.72. The summed E-state index contributed by atoms with van der Waals surface area (Å²) < 4.78 is 40.3. The van der Waals surface area contributed by atoms with E-state index in [9.17, 15) is 12.8 Å². The maximum absolute atomic E-state index is 13.2. The van der Waals surface area contributed by atoms with Gasteiger partial charge in [-0.15, -0.1) is 0 Å². The molecule has 0 aliphatic carbocycles. The van der Waals surface area contributed by atoms with E-state index in [0.717, 1.165) is 25.9 Å². The van der Waals surface area contributed by atoms with Gasteiger partial charge in [-0.3, -0.25) is 0 Å². The largest absolute Gasteiger partial charge is 0.300 e. The third-order valence-electron chi connectivity index (χ3n) is 4.57. The van der Waals surface area contributed by atoms with Crippen LogP contribution in [0.1, 0.15) is 44.6 Å². The number of hydrogen-bond acceptors (Lipinski definition) is 3. The molecule has 23 heavy (non-hydrogen) atoms. The van der Waals surface area contributed by atoms with E-state index in [2.05, 4.69) is 16.5 Å². The summed E-state index contributed by atoms with van der Waals surface area (Å²) in [5.41, 5.74) is 0.340. The number of halogens is 1. The Morgan fingerprint density at radius 3 is 2.83 bits per heavy atom. The van der Waals surface area contributed by atoms with Crippen molar-refractivity contribution in [2.24, 2.45) is 0 Å². The maximum Gasteiger partial charge on any atom is 0.240 e. The second-order valence-corrected chi connectivity index (χ2v) is 8.02. The molecule has 2 rings (SSSR count). The van der Waals surface area contributed by atoms with E-state index in [1.807, 2.05) is 0 Å². The molecule has 1 N–H and O–H groups in total. The van der Waals surface area contributed by atoms with E-state index in [-0.39, 0.29) is 10.7 Å². The molecular weight excluding hydrogens is 315 g/mol. The smallest absolute Gasteiger partial charge is 0.240 e. The average molecular weight is 342 g/mol. The van der Waals surface area contributed by atoms with E-state index in [4.69, 9.17) is 0 Å². The van der Waals surface area contributed by atoms with E-state index in [0.29, 0.717) is 18.2 Å². The normalized spacial score (nSPS) is 19.9. The van der Waals surface area contributed by atoms with Gasteiger partial charge in [0.2, 0.25) is 10.0 Å². The lowest BCUT2D eigenvalue weighted by atomic mass is 10.00. The third kappa shape index (κ3) is 4.99. The zero-order valence-electron chi connectivity index (χ0n) is 14.0. The van der Waals surface area contributed by atoms with Crippen molar-refractivity contribution in [3.63, 3.8) is 0 Å². The van der Waals surface area contributed by atoms with Gasteiger partial charge in [0.25, 0.3) is 0 Å². The Kier molecular flexibility index (Phi) is 6.56. The van der Waals surface area contributed by atoms with Crippen molar-refractivity contribution in [3.05, 3.63) is 29.6 Å². The van der Waals surface area contributed by atoms with Crippen molar-refractivity contribution in [1.82, 2.24) is 9.62 Å². The lowest BCUT2D eigenvalue weighted by molar-refractivity contribution is 0.143. The summed E-state index contributed by atoms with van der Waals surface area (Å²) in [5.74, 6) is -0.389. The molecular formula is C17H27FN2O2S. The fraction of sp³-hybridized carbons (Fsp3) is 0.647. The third-order valence-corrected chi connectivity index (χ3v) is 6.03. The van der Waals surface area contributed by atoms with Crippen LogP contribution in [0, 0.1) is 12.7 Å². The van der Waals surface area contributed by atoms with Crippen molar-refractivity contribution >= 4 is 10.0 Å². The Balaban J connectivity index is 1.83. The number of nitrogens with zero attached hydrogens (tertiary/aromatic N) is 1. The molecule has 1 atom stereocenters. The van der Waals surface area contributed by atoms with Gasteiger partial charge in [-0.2, -0.15) is 0 Å². The minimum atomic E-state index is -3.56. The minimum Gasteiger partial charge on any atom is -0.300 e. The van der Waals surface area contributed by atoms with Crippen LogP contribution in [0.3, 0.4) is 0 Å². The van der Waals surface area contributed by atoms with Gasteiger partial charge in [0.15, 0.2) is 0 Å². The molecule has 0 amide bonds. The molecule has 1 fully saturated rings. The Labute approximate surface area is 139 Å². The zero-order chi connectivity index (χ0) is 16.9. The van der Waals surface area contributed by atoms with Gasteiger partial charge in [0, 0.05) is 12.6 Å². The lowest BCUT2D eigenvalue weighted by Crippen LogP contribution is -2.40. The van der Waals surface area contributed by atoms with Gasteiger partial charge >= 0.3 is 0 Å². The predicted molar refractivity (Wildman–Crippen MR) is 90.4 cm³/mol. The van der Waals surface area contributed by atoms with E-state index in [1.54, 1.807) is 6.92 Å². The molecule has 1 aliphatic heterocycles. The first-order valence-electron chi connectivity index (χ1n) is 8.44. The Morgan fingerprint density at radius 1 is 1.35 bits per heavy atom. The summed E-state index contributed by atoms with van der Waals surface area (Å²) in [4.78, 5) is 2.60. The van der Waals surface area contributed by atoms with Crippen LogP contribution in [0.25, 0.3) is 0 Å². The van der Waals surface area contributed by atoms with Crippen LogP contribution in [0.2, 0.25) is 0 Å². The molecule has 0 bridgehead atoms. The van der Waals surface area contributed by atoms with Gasteiger partial charge < -0.3 is 4.90 Å². The molecule has 0 unspecified atom stereocenters. The Hall–Kier alpha value is -0.980. The van der Waals surface area contributed by atoms with Crippen LogP contribution in [-0.4, -0.2) is 39.0 Å². The highest BCUT2D eigenvalue weighted by Crippen LogP contribution is 2.19. The number of aryl methyl sites for hydroxylation is 1. The number of piperidine rings is 1. The van der Waals surface area contributed by atoms with Crippen molar-refractivity contribution in [2.45, 2.75) is 56.9 Å². The maximum atomic E-state index is 13.2. The molecule has 0 aromatic heterocycles. The minimum absolute atomic E-state index is 0.126. The topological polar surface area (TPSA) is 49.4 Å². The number of hydrogen-bond donors (Lipinski definition) is 1. The first-order valence-corrected chi connectivity index (χ1v) is 9.92. The first kappa shape index (κ1) is 18.4. The van der Waals surface area contributed by atoms with E-state index >= 15 is 0 Å². The summed E-state index contributed by atoms with van der Waals surface area (Å²) >= 11 is 0. The number of nitrogens with one attached hydrogen (secondary N) is 1. The second-order valence-electron chi connectivity index (χ2n) is 6.26. The quantitative estimate of drug-likeness (QED) is 0.775. The molecule has 130 valence electrons. The van der Waals surface area contributed by atoms with Crippen molar-refractivity contribution < 1.29 is 12.8 Å².